The second kappa shape index (κ2) is 8.47. The number of aromatic carboxylic acids is 1. The van der Waals surface area contributed by atoms with Crippen LogP contribution in [0.3, 0.4) is 0 Å². The molecule has 0 aliphatic carbocycles. The second-order valence-corrected chi connectivity index (χ2v) is 8.12. The topological polar surface area (TPSA) is 80.1 Å². The van der Waals surface area contributed by atoms with Crippen LogP contribution >= 0.6 is 11.6 Å². The highest BCUT2D eigenvalue weighted by Gasteiger charge is 2.19. The Morgan fingerprint density at radius 3 is 2.65 bits per heavy atom. The van der Waals surface area contributed by atoms with Gasteiger partial charge in [-0.1, -0.05) is 29.8 Å². The van der Waals surface area contributed by atoms with Gasteiger partial charge in [0.25, 0.3) is 0 Å². The van der Waals surface area contributed by atoms with Gasteiger partial charge in [0, 0.05) is 34.8 Å². The van der Waals surface area contributed by atoms with Crippen LogP contribution in [0.15, 0.2) is 42.7 Å². The SMILES string of the molecule is Cc1cc(OCCCc2c(C(=O)O)[nH]c3c(-c4cnn(C)c4)cccc23)cc(C)c1Cl. The number of halogens is 1. The number of hydrogen-bond acceptors (Lipinski definition) is 3. The molecule has 0 saturated carbocycles. The van der Waals surface area contributed by atoms with Crippen molar-refractivity contribution in [1.29, 1.82) is 0 Å². The van der Waals surface area contributed by atoms with Gasteiger partial charge in [-0.3, -0.25) is 4.68 Å². The van der Waals surface area contributed by atoms with E-state index in [9.17, 15) is 9.90 Å². The number of carboxylic acids is 1. The first kappa shape index (κ1) is 21.0. The Labute approximate surface area is 185 Å². The first-order chi connectivity index (χ1) is 14.8. The number of aryl methyl sites for hydroxylation is 4. The molecule has 2 heterocycles. The van der Waals surface area contributed by atoms with Crippen LogP contribution in [-0.2, 0) is 13.5 Å². The van der Waals surface area contributed by atoms with Gasteiger partial charge in [0.15, 0.2) is 0 Å². The van der Waals surface area contributed by atoms with Crippen molar-refractivity contribution < 1.29 is 14.6 Å². The number of fused-ring (bicyclic) bond motifs is 1. The van der Waals surface area contributed by atoms with Crippen LogP contribution in [0.5, 0.6) is 5.75 Å². The Hall–Kier alpha value is -3.25. The van der Waals surface area contributed by atoms with Gasteiger partial charge >= 0.3 is 5.97 Å². The monoisotopic (exact) mass is 437 g/mol. The highest BCUT2D eigenvalue weighted by molar-refractivity contribution is 6.32. The van der Waals surface area contributed by atoms with Gasteiger partial charge in [-0.2, -0.15) is 5.10 Å². The molecule has 0 bridgehead atoms. The minimum Gasteiger partial charge on any atom is -0.494 e. The number of para-hydroxylation sites is 1. The average molecular weight is 438 g/mol. The van der Waals surface area contributed by atoms with Crippen molar-refractivity contribution in [2.45, 2.75) is 26.7 Å². The van der Waals surface area contributed by atoms with Gasteiger partial charge in [-0.25, -0.2) is 4.79 Å². The maximum absolute atomic E-state index is 11.9. The zero-order valence-corrected chi connectivity index (χ0v) is 18.5. The Bertz CT molecular complexity index is 1250. The van der Waals surface area contributed by atoms with Crippen LogP contribution in [0.2, 0.25) is 5.02 Å². The molecular formula is C24H24ClN3O3. The van der Waals surface area contributed by atoms with Crippen LogP contribution in [-0.4, -0.2) is 32.4 Å². The van der Waals surface area contributed by atoms with E-state index in [1.165, 1.54) is 0 Å². The summed E-state index contributed by atoms with van der Waals surface area (Å²) in [6.45, 7) is 4.38. The van der Waals surface area contributed by atoms with Crippen molar-refractivity contribution in [3.63, 3.8) is 0 Å². The molecule has 0 aliphatic rings. The molecule has 0 unspecified atom stereocenters. The predicted molar refractivity (Wildman–Crippen MR) is 122 cm³/mol. The lowest BCUT2D eigenvalue weighted by atomic mass is 10.0. The minimum atomic E-state index is -0.965. The lowest BCUT2D eigenvalue weighted by Crippen LogP contribution is -2.04. The largest absolute Gasteiger partial charge is 0.494 e. The second-order valence-electron chi connectivity index (χ2n) is 7.74. The van der Waals surface area contributed by atoms with E-state index in [-0.39, 0.29) is 5.69 Å². The van der Waals surface area contributed by atoms with Gasteiger partial charge in [0.2, 0.25) is 0 Å². The van der Waals surface area contributed by atoms with E-state index >= 15 is 0 Å². The van der Waals surface area contributed by atoms with E-state index in [4.69, 9.17) is 16.3 Å². The van der Waals surface area contributed by atoms with E-state index < -0.39 is 5.97 Å². The summed E-state index contributed by atoms with van der Waals surface area (Å²) in [6, 6.07) is 9.72. The number of hydrogen-bond donors (Lipinski definition) is 2. The van der Waals surface area contributed by atoms with E-state index in [1.54, 1.807) is 10.9 Å². The summed E-state index contributed by atoms with van der Waals surface area (Å²) in [5.74, 6) is -0.191. The molecule has 7 heteroatoms. The number of rotatable bonds is 7. The lowest BCUT2D eigenvalue weighted by Gasteiger charge is -2.10. The predicted octanol–water partition coefficient (Wildman–Crippen LogP) is 5.55. The quantitative estimate of drug-likeness (QED) is 0.371. The third-order valence-corrected chi connectivity index (χ3v) is 6.02. The van der Waals surface area contributed by atoms with Crippen molar-refractivity contribution >= 4 is 28.5 Å². The standard InChI is InChI=1S/C24H24ClN3O3/c1-14-10-17(11-15(2)21(14)25)31-9-5-8-20-19-7-4-6-18(16-12-26-28(3)13-16)22(19)27-23(20)24(29)30/h4,6-7,10-13,27H,5,8-9H2,1-3H3,(H,29,30). The Morgan fingerprint density at radius 2 is 2.00 bits per heavy atom. The normalized spacial score (nSPS) is 11.2. The summed E-state index contributed by atoms with van der Waals surface area (Å²) in [7, 11) is 1.86. The summed E-state index contributed by atoms with van der Waals surface area (Å²) >= 11 is 6.22. The maximum Gasteiger partial charge on any atom is 0.352 e. The molecule has 2 aromatic carbocycles. The number of benzene rings is 2. The highest BCUT2D eigenvalue weighted by Crippen LogP contribution is 2.32. The highest BCUT2D eigenvalue weighted by atomic mass is 35.5. The van der Waals surface area contributed by atoms with Crippen LogP contribution in [0.1, 0.15) is 33.6 Å². The van der Waals surface area contributed by atoms with Crippen molar-refractivity contribution in [3.05, 3.63) is 70.1 Å². The fraction of sp³-hybridized carbons (Fsp3) is 0.250. The molecule has 0 radical (unpaired) electrons. The molecule has 0 atom stereocenters. The molecule has 2 N–H and O–H groups in total. The zero-order chi connectivity index (χ0) is 22.1. The fourth-order valence-electron chi connectivity index (χ4n) is 3.95. The lowest BCUT2D eigenvalue weighted by molar-refractivity contribution is 0.0690. The average Bonchev–Trinajstić information content (AvgIpc) is 3.33. The number of aromatic nitrogens is 3. The number of ether oxygens (including phenoxy) is 1. The molecule has 0 aliphatic heterocycles. The first-order valence-electron chi connectivity index (χ1n) is 10.1. The minimum absolute atomic E-state index is 0.226. The third-order valence-electron chi connectivity index (χ3n) is 5.42. The Balaban J connectivity index is 1.57. The summed E-state index contributed by atoms with van der Waals surface area (Å²) in [6.07, 6.45) is 4.97. The van der Waals surface area contributed by atoms with Gasteiger partial charge in [-0.15, -0.1) is 0 Å². The molecule has 4 rings (SSSR count). The Morgan fingerprint density at radius 1 is 1.26 bits per heavy atom. The molecule has 2 aromatic heterocycles. The number of nitrogens with one attached hydrogen (secondary N) is 1. The molecule has 0 fully saturated rings. The van der Waals surface area contributed by atoms with Crippen LogP contribution in [0.25, 0.3) is 22.0 Å². The molecule has 31 heavy (non-hydrogen) atoms. The number of carbonyl (C=O) groups is 1. The van der Waals surface area contributed by atoms with Gasteiger partial charge in [-0.05, 0) is 55.5 Å². The number of carboxylic acid groups (broad SMARTS) is 1. The number of nitrogens with zero attached hydrogens (tertiary/aromatic N) is 2. The molecule has 6 nitrogen and oxygen atoms in total. The summed E-state index contributed by atoms with van der Waals surface area (Å²) in [4.78, 5) is 15.0. The summed E-state index contributed by atoms with van der Waals surface area (Å²) in [5.41, 5.74) is 5.66. The molecule has 4 aromatic rings. The van der Waals surface area contributed by atoms with E-state index in [0.717, 1.165) is 49.5 Å². The van der Waals surface area contributed by atoms with Gasteiger partial charge < -0.3 is 14.8 Å². The number of H-pyrrole nitrogens is 1. The first-order valence-corrected chi connectivity index (χ1v) is 10.5. The summed E-state index contributed by atoms with van der Waals surface area (Å²) in [5, 5.41) is 15.7. The molecule has 0 saturated heterocycles. The van der Waals surface area contributed by atoms with Crippen LogP contribution < -0.4 is 4.74 Å². The van der Waals surface area contributed by atoms with E-state index in [1.807, 2.05) is 57.4 Å². The van der Waals surface area contributed by atoms with Crippen molar-refractivity contribution in [2.24, 2.45) is 7.05 Å². The molecule has 160 valence electrons. The zero-order valence-electron chi connectivity index (χ0n) is 17.7. The molecular weight excluding hydrogens is 414 g/mol. The number of aromatic amines is 1. The smallest absolute Gasteiger partial charge is 0.352 e. The van der Waals surface area contributed by atoms with Gasteiger partial charge in [0.05, 0.1) is 18.3 Å². The fourth-order valence-corrected chi connectivity index (χ4v) is 4.05. The van der Waals surface area contributed by atoms with Crippen molar-refractivity contribution in [3.8, 4) is 16.9 Å². The van der Waals surface area contributed by atoms with Crippen LogP contribution in [0.4, 0.5) is 0 Å². The Kier molecular flexibility index (Phi) is 5.74. The maximum atomic E-state index is 11.9. The molecule has 0 amide bonds. The van der Waals surface area contributed by atoms with Gasteiger partial charge in [0.1, 0.15) is 11.4 Å². The summed E-state index contributed by atoms with van der Waals surface area (Å²) < 4.78 is 7.63. The van der Waals surface area contributed by atoms with Crippen LogP contribution in [0, 0.1) is 13.8 Å². The van der Waals surface area contributed by atoms with E-state index in [0.29, 0.717) is 19.4 Å². The third kappa shape index (κ3) is 4.16. The molecule has 0 spiro atoms. The van der Waals surface area contributed by atoms with E-state index in [2.05, 4.69) is 10.1 Å². The van der Waals surface area contributed by atoms with Crippen molar-refractivity contribution in [1.82, 2.24) is 14.8 Å². The van der Waals surface area contributed by atoms with Crippen molar-refractivity contribution in [2.75, 3.05) is 6.61 Å².